The van der Waals surface area contributed by atoms with Crippen LogP contribution < -0.4 is 5.32 Å². The zero-order chi connectivity index (χ0) is 18.6. The summed E-state index contributed by atoms with van der Waals surface area (Å²) in [6.07, 6.45) is 1.72. The molecule has 0 atom stereocenters. The average Bonchev–Trinajstić information content (AvgIpc) is 2.57. The fourth-order valence-corrected chi connectivity index (χ4v) is 4.26. The van der Waals surface area contributed by atoms with E-state index in [1.165, 1.54) is 4.31 Å². The molecule has 0 aliphatic carbocycles. The zero-order valence-corrected chi connectivity index (χ0v) is 15.3. The molecule has 0 bridgehead atoms. The van der Waals surface area contributed by atoms with E-state index in [-0.39, 0.29) is 29.8 Å². The predicted octanol–water partition coefficient (Wildman–Crippen LogP) is 2.53. The first kappa shape index (κ1) is 19.8. The van der Waals surface area contributed by atoms with Gasteiger partial charge in [-0.15, -0.1) is 0 Å². The van der Waals surface area contributed by atoms with Crippen molar-refractivity contribution >= 4 is 15.9 Å². The number of carbonyl (C=O) groups is 1. The monoisotopic (exact) mass is 374 g/mol. The maximum atomic E-state index is 13.3. The Labute approximate surface area is 147 Å². The predicted molar refractivity (Wildman–Crippen MR) is 90.3 cm³/mol. The Balaban J connectivity index is 1.94. The molecule has 140 valence electrons. The number of sulfonamides is 1. The number of piperidine rings is 1. The highest BCUT2D eigenvalue weighted by Gasteiger charge is 2.32. The van der Waals surface area contributed by atoms with Crippen LogP contribution in [0.1, 0.15) is 33.1 Å². The Morgan fingerprint density at radius 1 is 1.24 bits per heavy atom. The molecule has 1 N–H and O–H groups in total. The summed E-state index contributed by atoms with van der Waals surface area (Å²) in [6.45, 7) is 5.14. The van der Waals surface area contributed by atoms with Gasteiger partial charge in [-0.1, -0.05) is 13.8 Å². The van der Waals surface area contributed by atoms with Crippen molar-refractivity contribution in [1.29, 1.82) is 0 Å². The van der Waals surface area contributed by atoms with Crippen LogP contribution in [0.3, 0.4) is 0 Å². The molecule has 0 aromatic heterocycles. The largest absolute Gasteiger partial charge is 0.356 e. The van der Waals surface area contributed by atoms with E-state index >= 15 is 0 Å². The minimum absolute atomic E-state index is 0.0504. The van der Waals surface area contributed by atoms with Gasteiger partial charge in [0.2, 0.25) is 15.9 Å². The Kier molecular flexibility index (Phi) is 6.51. The lowest BCUT2D eigenvalue weighted by molar-refractivity contribution is -0.126. The standard InChI is InChI=1S/C17H24F2N2O3S/c1-12(2)5-8-20-17(22)13-6-9-21(10-7-13)25(23,24)14-3-4-15(18)16(19)11-14/h3-4,11-13H,5-10H2,1-2H3,(H,20,22). The Morgan fingerprint density at radius 3 is 2.44 bits per heavy atom. The number of nitrogens with one attached hydrogen (secondary N) is 1. The van der Waals surface area contributed by atoms with Gasteiger partial charge in [-0.2, -0.15) is 4.31 Å². The number of amides is 1. The Morgan fingerprint density at radius 2 is 1.88 bits per heavy atom. The maximum Gasteiger partial charge on any atom is 0.243 e. The van der Waals surface area contributed by atoms with Crippen molar-refractivity contribution in [2.24, 2.45) is 11.8 Å². The molecule has 1 aromatic rings. The van der Waals surface area contributed by atoms with Crippen LogP contribution in [0.25, 0.3) is 0 Å². The molecule has 1 heterocycles. The number of carbonyl (C=O) groups excluding carboxylic acids is 1. The van der Waals surface area contributed by atoms with Crippen LogP contribution in [0.2, 0.25) is 0 Å². The van der Waals surface area contributed by atoms with Crippen LogP contribution >= 0.6 is 0 Å². The first-order valence-corrected chi connectivity index (χ1v) is 9.88. The van der Waals surface area contributed by atoms with Gasteiger partial charge in [-0.3, -0.25) is 4.79 Å². The summed E-state index contributed by atoms with van der Waals surface area (Å²) in [5.74, 6) is -2.05. The molecule has 0 spiro atoms. The topological polar surface area (TPSA) is 66.5 Å². The zero-order valence-electron chi connectivity index (χ0n) is 14.5. The summed E-state index contributed by atoms with van der Waals surface area (Å²) in [7, 11) is -3.88. The molecule has 8 heteroatoms. The van der Waals surface area contributed by atoms with Crippen LogP contribution in [-0.4, -0.2) is 38.3 Å². The molecule has 1 aromatic carbocycles. The number of rotatable bonds is 6. The van der Waals surface area contributed by atoms with Crippen LogP contribution in [0.15, 0.2) is 23.1 Å². The number of nitrogens with zero attached hydrogens (tertiary/aromatic N) is 1. The van der Waals surface area contributed by atoms with Gasteiger partial charge in [-0.05, 0) is 43.4 Å². The minimum atomic E-state index is -3.88. The van der Waals surface area contributed by atoms with Gasteiger partial charge >= 0.3 is 0 Å². The molecule has 1 amide bonds. The molecule has 5 nitrogen and oxygen atoms in total. The number of halogens is 2. The van der Waals surface area contributed by atoms with E-state index < -0.39 is 21.7 Å². The second kappa shape index (κ2) is 8.23. The number of hydrogen-bond donors (Lipinski definition) is 1. The average molecular weight is 374 g/mol. The molecule has 1 aliphatic heterocycles. The van der Waals surface area contributed by atoms with Crippen LogP contribution in [0, 0.1) is 23.5 Å². The molecular weight excluding hydrogens is 350 g/mol. The minimum Gasteiger partial charge on any atom is -0.356 e. The van der Waals surface area contributed by atoms with E-state index in [2.05, 4.69) is 19.2 Å². The lowest BCUT2D eigenvalue weighted by Gasteiger charge is -2.30. The first-order valence-electron chi connectivity index (χ1n) is 8.44. The third-order valence-electron chi connectivity index (χ3n) is 4.37. The molecule has 0 radical (unpaired) electrons. The van der Waals surface area contributed by atoms with Crippen molar-refractivity contribution in [2.75, 3.05) is 19.6 Å². The summed E-state index contributed by atoms with van der Waals surface area (Å²) < 4.78 is 52.5. The number of benzene rings is 1. The van der Waals surface area contributed by atoms with E-state index in [0.717, 1.165) is 18.6 Å². The van der Waals surface area contributed by atoms with Crippen LogP contribution in [-0.2, 0) is 14.8 Å². The van der Waals surface area contributed by atoms with Gasteiger partial charge < -0.3 is 5.32 Å². The molecule has 2 rings (SSSR count). The van der Waals surface area contributed by atoms with E-state index in [9.17, 15) is 22.0 Å². The van der Waals surface area contributed by atoms with E-state index in [4.69, 9.17) is 0 Å². The van der Waals surface area contributed by atoms with Crippen molar-refractivity contribution in [1.82, 2.24) is 9.62 Å². The van der Waals surface area contributed by atoms with Gasteiger partial charge in [0.1, 0.15) is 0 Å². The van der Waals surface area contributed by atoms with Gasteiger partial charge in [0.25, 0.3) is 0 Å². The Bertz CT molecular complexity index is 715. The lowest BCUT2D eigenvalue weighted by atomic mass is 9.97. The highest BCUT2D eigenvalue weighted by Crippen LogP contribution is 2.25. The summed E-state index contributed by atoms with van der Waals surface area (Å²) in [4.78, 5) is 11.8. The second-order valence-electron chi connectivity index (χ2n) is 6.73. The maximum absolute atomic E-state index is 13.3. The van der Waals surface area contributed by atoms with E-state index in [1.807, 2.05) is 0 Å². The first-order chi connectivity index (χ1) is 11.7. The van der Waals surface area contributed by atoms with E-state index in [1.54, 1.807) is 0 Å². The smallest absolute Gasteiger partial charge is 0.243 e. The summed E-state index contributed by atoms with van der Waals surface area (Å²) in [5, 5.41) is 2.88. The summed E-state index contributed by atoms with van der Waals surface area (Å²) in [6, 6.07) is 2.55. The fourth-order valence-electron chi connectivity index (χ4n) is 2.77. The normalized spacial score (nSPS) is 17.0. The highest BCUT2D eigenvalue weighted by atomic mass is 32.2. The molecule has 25 heavy (non-hydrogen) atoms. The molecule has 1 saturated heterocycles. The highest BCUT2D eigenvalue weighted by molar-refractivity contribution is 7.89. The summed E-state index contributed by atoms with van der Waals surface area (Å²) in [5.41, 5.74) is 0. The van der Waals surface area contributed by atoms with Crippen LogP contribution in [0.4, 0.5) is 8.78 Å². The van der Waals surface area contributed by atoms with Gasteiger partial charge in [0, 0.05) is 25.6 Å². The quantitative estimate of drug-likeness (QED) is 0.832. The molecule has 0 saturated carbocycles. The molecule has 0 unspecified atom stereocenters. The van der Waals surface area contributed by atoms with Gasteiger partial charge in [0.15, 0.2) is 11.6 Å². The van der Waals surface area contributed by atoms with Crippen molar-refractivity contribution in [2.45, 2.75) is 38.0 Å². The summed E-state index contributed by atoms with van der Waals surface area (Å²) >= 11 is 0. The van der Waals surface area contributed by atoms with Crippen LogP contribution in [0.5, 0.6) is 0 Å². The molecule has 1 aliphatic rings. The lowest BCUT2D eigenvalue weighted by Crippen LogP contribution is -2.43. The second-order valence-corrected chi connectivity index (χ2v) is 8.67. The SMILES string of the molecule is CC(C)CCNC(=O)C1CCN(S(=O)(=O)c2ccc(F)c(F)c2)CC1. The molecule has 1 fully saturated rings. The van der Waals surface area contributed by atoms with Crippen molar-refractivity contribution in [3.8, 4) is 0 Å². The van der Waals surface area contributed by atoms with E-state index in [0.29, 0.717) is 31.4 Å². The van der Waals surface area contributed by atoms with Gasteiger partial charge in [-0.25, -0.2) is 17.2 Å². The van der Waals surface area contributed by atoms with Crippen molar-refractivity contribution < 1.29 is 22.0 Å². The molecular formula is C17H24F2N2O3S. The Hall–Kier alpha value is -1.54. The van der Waals surface area contributed by atoms with Gasteiger partial charge in [0.05, 0.1) is 4.90 Å². The van der Waals surface area contributed by atoms with Crippen molar-refractivity contribution in [3.05, 3.63) is 29.8 Å². The fraction of sp³-hybridized carbons (Fsp3) is 0.588. The van der Waals surface area contributed by atoms with Crippen molar-refractivity contribution in [3.63, 3.8) is 0 Å². The third-order valence-corrected chi connectivity index (χ3v) is 6.27. The third kappa shape index (κ3) is 4.98. The number of hydrogen-bond acceptors (Lipinski definition) is 3.